The van der Waals surface area contributed by atoms with Crippen LogP contribution in [0.1, 0.15) is 5.56 Å². The molecule has 0 spiro atoms. The molecular formula is C14H15N3O3S. The fourth-order valence-electron chi connectivity index (χ4n) is 1.97. The van der Waals surface area contributed by atoms with Gasteiger partial charge in [0, 0.05) is 18.6 Å². The zero-order valence-corrected chi connectivity index (χ0v) is 12.4. The highest BCUT2D eigenvalue weighted by molar-refractivity contribution is 7.99. The van der Waals surface area contributed by atoms with Crippen LogP contribution in [-0.2, 0) is 14.3 Å². The summed E-state index contributed by atoms with van der Waals surface area (Å²) in [5, 5.41) is 11.5. The minimum Gasteiger partial charge on any atom is -0.375 e. The second-order valence-corrected chi connectivity index (χ2v) is 5.49. The molecule has 0 bridgehead atoms. The van der Waals surface area contributed by atoms with E-state index in [0.717, 1.165) is 0 Å². The largest absolute Gasteiger partial charge is 0.375 e. The van der Waals surface area contributed by atoms with Gasteiger partial charge in [0.2, 0.25) is 11.8 Å². The number of rotatable bonds is 4. The third-order valence-electron chi connectivity index (χ3n) is 3.05. The number of methoxy groups -OCH3 is 1. The number of amides is 2. The van der Waals surface area contributed by atoms with E-state index in [1.54, 1.807) is 24.3 Å². The summed E-state index contributed by atoms with van der Waals surface area (Å²) >= 11 is 1.54. The molecule has 110 valence electrons. The number of ether oxygens (including phenoxy) is 1. The number of anilines is 1. The molecule has 1 aromatic carbocycles. The first-order chi connectivity index (χ1) is 10.2. The molecule has 0 unspecified atom stereocenters. The first-order valence-corrected chi connectivity index (χ1v) is 7.48. The van der Waals surface area contributed by atoms with Crippen LogP contribution >= 0.6 is 11.8 Å². The molecule has 0 radical (unpaired) electrons. The lowest BCUT2D eigenvalue weighted by atomic mass is 10.2. The monoisotopic (exact) mass is 305 g/mol. The van der Waals surface area contributed by atoms with Crippen molar-refractivity contribution >= 4 is 29.3 Å². The van der Waals surface area contributed by atoms with E-state index in [-0.39, 0.29) is 18.4 Å². The van der Waals surface area contributed by atoms with Crippen molar-refractivity contribution in [2.45, 2.75) is 6.04 Å². The highest BCUT2D eigenvalue weighted by Crippen LogP contribution is 2.22. The molecule has 0 saturated carbocycles. The molecule has 2 rings (SSSR count). The molecular weight excluding hydrogens is 290 g/mol. The van der Waals surface area contributed by atoms with Crippen LogP contribution in [0.5, 0.6) is 0 Å². The van der Waals surface area contributed by atoms with Crippen LogP contribution in [0.25, 0.3) is 0 Å². The van der Waals surface area contributed by atoms with Crippen molar-refractivity contribution < 1.29 is 14.3 Å². The van der Waals surface area contributed by atoms with Gasteiger partial charge in [-0.1, -0.05) is 0 Å². The van der Waals surface area contributed by atoms with Gasteiger partial charge < -0.3 is 15.0 Å². The maximum atomic E-state index is 12.3. The van der Waals surface area contributed by atoms with E-state index in [1.807, 2.05) is 6.07 Å². The van der Waals surface area contributed by atoms with Crippen molar-refractivity contribution in [3.8, 4) is 6.07 Å². The predicted molar refractivity (Wildman–Crippen MR) is 79.6 cm³/mol. The summed E-state index contributed by atoms with van der Waals surface area (Å²) in [6, 6.07) is 8.12. The average Bonchev–Trinajstić information content (AvgIpc) is 2.98. The summed E-state index contributed by atoms with van der Waals surface area (Å²) in [4.78, 5) is 25.7. The predicted octanol–water partition coefficient (Wildman–Crippen LogP) is 1.04. The number of nitriles is 1. The summed E-state index contributed by atoms with van der Waals surface area (Å²) in [7, 11) is 1.45. The van der Waals surface area contributed by atoms with Gasteiger partial charge in [0.1, 0.15) is 12.6 Å². The van der Waals surface area contributed by atoms with E-state index >= 15 is 0 Å². The number of carbonyl (C=O) groups excluding carboxylic acids is 2. The average molecular weight is 305 g/mol. The maximum Gasteiger partial charge on any atom is 0.249 e. The Kier molecular flexibility index (Phi) is 5.20. The van der Waals surface area contributed by atoms with Gasteiger partial charge in [0.15, 0.2) is 0 Å². The molecule has 0 aliphatic carbocycles. The first kappa shape index (κ1) is 15.4. The Bertz CT molecular complexity index is 568. The first-order valence-electron chi connectivity index (χ1n) is 6.33. The van der Waals surface area contributed by atoms with E-state index in [0.29, 0.717) is 22.9 Å². The van der Waals surface area contributed by atoms with Crippen molar-refractivity contribution in [1.29, 1.82) is 5.26 Å². The maximum absolute atomic E-state index is 12.3. The second kappa shape index (κ2) is 7.11. The molecule has 1 aliphatic rings. The minimum absolute atomic E-state index is 0.0266. The molecule has 1 fully saturated rings. The fourth-order valence-corrected chi connectivity index (χ4v) is 3.15. The van der Waals surface area contributed by atoms with Gasteiger partial charge in [-0.25, -0.2) is 0 Å². The number of hydrogen-bond acceptors (Lipinski definition) is 5. The topological polar surface area (TPSA) is 82.4 Å². The van der Waals surface area contributed by atoms with Crippen molar-refractivity contribution in [3.63, 3.8) is 0 Å². The third-order valence-corrected chi connectivity index (χ3v) is 4.07. The van der Waals surface area contributed by atoms with Gasteiger partial charge in [0.05, 0.1) is 17.5 Å². The van der Waals surface area contributed by atoms with Gasteiger partial charge in [-0.3, -0.25) is 9.59 Å². The molecule has 6 nitrogen and oxygen atoms in total. The molecule has 1 saturated heterocycles. The molecule has 1 N–H and O–H groups in total. The van der Waals surface area contributed by atoms with Crippen LogP contribution in [0.15, 0.2) is 24.3 Å². The van der Waals surface area contributed by atoms with Crippen molar-refractivity contribution in [3.05, 3.63) is 29.8 Å². The molecule has 21 heavy (non-hydrogen) atoms. The summed E-state index contributed by atoms with van der Waals surface area (Å²) in [5.74, 6) is 0.641. The number of benzene rings is 1. The van der Waals surface area contributed by atoms with E-state index in [4.69, 9.17) is 10.00 Å². The molecule has 1 atom stereocenters. The lowest BCUT2D eigenvalue weighted by molar-refractivity contribution is -0.139. The third kappa shape index (κ3) is 3.74. The summed E-state index contributed by atoms with van der Waals surface area (Å²) in [6.45, 7) is -0.0266. The normalized spacial score (nSPS) is 17.3. The zero-order valence-electron chi connectivity index (χ0n) is 11.5. The van der Waals surface area contributed by atoms with Crippen molar-refractivity contribution in [1.82, 2.24) is 4.90 Å². The number of hydrogen-bond donors (Lipinski definition) is 1. The van der Waals surface area contributed by atoms with Crippen LogP contribution in [0.4, 0.5) is 5.69 Å². The molecule has 2 amide bonds. The zero-order chi connectivity index (χ0) is 15.2. The molecule has 1 aliphatic heterocycles. The standard InChI is InChI=1S/C14H15N3O3S/c1-20-7-13(18)17-9-21-8-12(17)14(19)16-11-4-2-10(6-15)3-5-11/h2-5,12H,7-9H2,1H3,(H,16,19)/t12-/m1/s1. The van der Waals surface area contributed by atoms with E-state index in [2.05, 4.69) is 5.32 Å². The van der Waals surface area contributed by atoms with Crippen LogP contribution in [-0.4, -0.2) is 48.1 Å². The van der Waals surface area contributed by atoms with E-state index < -0.39 is 6.04 Å². The summed E-state index contributed by atoms with van der Waals surface area (Å²) in [5.41, 5.74) is 1.14. The van der Waals surface area contributed by atoms with Gasteiger partial charge >= 0.3 is 0 Å². The number of carbonyl (C=O) groups is 2. The Morgan fingerprint density at radius 3 is 2.81 bits per heavy atom. The van der Waals surface area contributed by atoms with E-state index in [1.165, 1.54) is 23.8 Å². The van der Waals surface area contributed by atoms with Crippen LogP contribution in [0, 0.1) is 11.3 Å². The Balaban J connectivity index is 2.01. The molecule has 7 heteroatoms. The Hall–Kier alpha value is -2.04. The summed E-state index contributed by atoms with van der Waals surface area (Å²) < 4.78 is 4.83. The van der Waals surface area contributed by atoms with Crippen LogP contribution in [0.2, 0.25) is 0 Å². The van der Waals surface area contributed by atoms with Gasteiger partial charge in [-0.2, -0.15) is 5.26 Å². The lowest BCUT2D eigenvalue weighted by Crippen LogP contribution is -2.45. The van der Waals surface area contributed by atoms with Gasteiger partial charge in [-0.05, 0) is 24.3 Å². The second-order valence-electron chi connectivity index (χ2n) is 4.49. The highest BCUT2D eigenvalue weighted by atomic mass is 32.2. The smallest absolute Gasteiger partial charge is 0.249 e. The fraction of sp³-hybridized carbons (Fsp3) is 0.357. The quantitative estimate of drug-likeness (QED) is 0.899. The molecule has 1 aromatic rings. The number of nitrogens with one attached hydrogen (secondary N) is 1. The Morgan fingerprint density at radius 2 is 2.19 bits per heavy atom. The van der Waals surface area contributed by atoms with Crippen LogP contribution < -0.4 is 5.32 Å². The van der Waals surface area contributed by atoms with E-state index in [9.17, 15) is 9.59 Å². The van der Waals surface area contributed by atoms with Crippen LogP contribution in [0.3, 0.4) is 0 Å². The Labute approximate surface area is 127 Å². The molecule has 1 heterocycles. The van der Waals surface area contributed by atoms with Crippen molar-refractivity contribution in [2.75, 3.05) is 30.7 Å². The number of thioether (sulfide) groups is 1. The minimum atomic E-state index is -0.492. The summed E-state index contributed by atoms with van der Waals surface area (Å²) in [6.07, 6.45) is 0. The highest BCUT2D eigenvalue weighted by Gasteiger charge is 2.34. The van der Waals surface area contributed by atoms with Crippen molar-refractivity contribution in [2.24, 2.45) is 0 Å². The number of nitrogens with zero attached hydrogens (tertiary/aromatic N) is 2. The Morgan fingerprint density at radius 1 is 1.48 bits per heavy atom. The van der Waals surface area contributed by atoms with Gasteiger partial charge in [-0.15, -0.1) is 11.8 Å². The molecule has 0 aromatic heterocycles. The van der Waals surface area contributed by atoms with Gasteiger partial charge in [0.25, 0.3) is 0 Å². The lowest BCUT2D eigenvalue weighted by Gasteiger charge is -2.22. The SMILES string of the molecule is COCC(=O)N1CSC[C@@H]1C(=O)Nc1ccc(C#N)cc1.